The molecule has 138 valence electrons. The number of unbranched alkanes of at least 4 members (excludes halogenated alkanes) is 2. The number of allylic oxidation sites excluding steroid dienone is 1. The Morgan fingerprint density at radius 2 is 1.56 bits per heavy atom. The van der Waals surface area contributed by atoms with Gasteiger partial charge in [0.15, 0.2) is 0 Å². The van der Waals surface area contributed by atoms with Gasteiger partial charge in [-0.1, -0.05) is 92.1 Å². The van der Waals surface area contributed by atoms with E-state index in [0.29, 0.717) is 0 Å². The summed E-state index contributed by atoms with van der Waals surface area (Å²) >= 11 is -0.826. The van der Waals surface area contributed by atoms with E-state index in [0.717, 1.165) is 6.42 Å². The first-order valence-electron chi connectivity index (χ1n) is 9.54. The Labute approximate surface area is 181 Å². The second kappa shape index (κ2) is 10.6. The van der Waals surface area contributed by atoms with Crippen molar-refractivity contribution in [3.05, 3.63) is 77.4 Å². The minimum absolute atomic E-state index is 0.826. The second-order valence-electron chi connectivity index (χ2n) is 6.91. The van der Waals surface area contributed by atoms with Crippen molar-refractivity contribution in [2.45, 2.75) is 39.0 Å². The van der Waals surface area contributed by atoms with Crippen LogP contribution in [0.4, 0.5) is 0 Å². The van der Waals surface area contributed by atoms with Crippen molar-refractivity contribution in [3.63, 3.8) is 0 Å². The van der Waals surface area contributed by atoms with Crippen LogP contribution in [0.15, 0.2) is 66.2 Å². The third kappa shape index (κ3) is 5.14. The first-order chi connectivity index (χ1) is 13.3. The number of fused-ring (bicyclic) bond motifs is 2. The van der Waals surface area contributed by atoms with Gasteiger partial charge in [-0.2, -0.15) is 0 Å². The number of halogens is 2. The molecule has 0 bridgehead atoms. The molecule has 0 radical (unpaired) electrons. The van der Waals surface area contributed by atoms with Crippen molar-refractivity contribution >= 4 is 33.9 Å². The fourth-order valence-corrected chi connectivity index (χ4v) is 3.90. The maximum atomic E-state index is 4.93. The average molecular weight is 475 g/mol. The summed E-state index contributed by atoms with van der Waals surface area (Å²) in [6.07, 6.45) is 8.79. The molecule has 3 aromatic carbocycles. The first kappa shape index (κ1) is 20.8. The monoisotopic (exact) mass is 472 g/mol. The molecule has 3 heteroatoms. The van der Waals surface area contributed by atoms with Crippen molar-refractivity contribution in [1.29, 1.82) is 0 Å². The third-order valence-electron chi connectivity index (χ3n) is 5.14. The fraction of sp³-hybridized carbons (Fsp3) is 0.250. The normalized spacial score (nSPS) is 12.2. The van der Waals surface area contributed by atoms with Crippen LogP contribution in [0.5, 0.6) is 0 Å². The summed E-state index contributed by atoms with van der Waals surface area (Å²) in [6.45, 7) is 2.27. The van der Waals surface area contributed by atoms with Gasteiger partial charge in [-0.15, -0.1) is 0 Å². The molecule has 0 heterocycles. The van der Waals surface area contributed by atoms with Crippen molar-refractivity contribution in [1.82, 2.24) is 0 Å². The Kier molecular flexibility index (Phi) is 8.19. The van der Waals surface area contributed by atoms with Gasteiger partial charge in [0, 0.05) is 0 Å². The zero-order valence-corrected chi connectivity index (χ0v) is 19.6. The average Bonchev–Trinajstić information content (AvgIpc) is 3.11. The number of hydrogen-bond acceptors (Lipinski definition) is 0. The van der Waals surface area contributed by atoms with E-state index in [4.69, 9.17) is 17.0 Å². The molecule has 0 aromatic heterocycles. The molecular formula is C24H24Cl2Zr. The Hall–Kier alpha value is -0.877. The molecule has 1 aliphatic rings. The summed E-state index contributed by atoms with van der Waals surface area (Å²) in [5.41, 5.74) is 7.28. The van der Waals surface area contributed by atoms with Crippen LogP contribution < -0.4 is 0 Å². The van der Waals surface area contributed by atoms with E-state index in [1.165, 1.54) is 58.7 Å². The first-order valence-corrected chi connectivity index (χ1v) is 15.9. The summed E-state index contributed by atoms with van der Waals surface area (Å²) in [5.74, 6) is 0. The van der Waals surface area contributed by atoms with Crippen molar-refractivity contribution in [2.75, 3.05) is 0 Å². The molecule has 0 amide bonds. The summed E-state index contributed by atoms with van der Waals surface area (Å²) in [6, 6.07) is 22.2. The number of benzene rings is 3. The van der Waals surface area contributed by atoms with Gasteiger partial charge in [-0.3, -0.25) is 0 Å². The van der Waals surface area contributed by atoms with E-state index in [1.54, 1.807) is 5.57 Å². The molecule has 0 nitrogen and oxygen atoms in total. The summed E-state index contributed by atoms with van der Waals surface area (Å²) < 4.78 is 0. The summed E-state index contributed by atoms with van der Waals surface area (Å²) in [7, 11) is 9.87. The van der Waals surface area contributed by atoms with E-state index < -0.39 is 20.8 Å². The standard InChI is InChI=1S/C24H24.2ClH.Zr/c1-2-3-4-9-18-16-20-12-8-15-23(24(20)17-18)22-14-7-11-19-10-5-6-13-21(19)22;;;/h5-8,10-15,17H,2-4,9,16H2,1H3;2*1H;/q;;;+2/p-2. The summed E-state index contributed by atoms with van der Waals surface area (Å²) in [4.78, 5) is 0. The maximum absolute atomic E-state index is 4.93. The van der Waals surface area contributed by atoms with E-state index in [9.17, 15) is 0 Å². The van der Waals surface area contributed by atoms with Gasteiger partial charge in [0.25, 0.3) is 0 Å². The molecule has 0 fully saturated rings. The van der Waals surface area contributed by atoms with Gasteiger partial charge in [0.1, 0.15) is 0 Å². The zero-order valence-electron chi connectivity index (χ0n) is 15.6. The van der Waals surface area contributed by atoms with Crippen LogP contribution in [-0.4, -0.2) is 0 Å². The molecule has 0 spiro atoms. The summed E-state index contributed by atoms with van der Waals surface area (Å²) in [5, 5.41) is 2.67. The molecule has 0 unspecified atom stereocenters. The Morgan fingerprint density at radius 3 is 2.37 bits per heavy atom. The number of hydrogen-bond donors (Lipinski definition) is 0. The van der Waals surface area contributed by atoms with E-state index in [1.807, 2.05) is 0 Å². The number of rotatable bonds is 5. The quantitative estimate of drug-likeness (QED) is 0.326. The van der Waals surface area contributed by atoms with Gasteiger partial charge in [0.05, 0.1) is 0 Å². The van der Waals surface area contributed by atoms with Crippen LogP contribution in [-0.2, 0) is 27.3 Å². The van der Waals surface area contributed by atoms with Gasteiger partial charge >= 0.3 is 37.9 Å². The van der Waals surface area contributed by atoms with E-state index in [2.05, 4.69) is 73.7 Å². The Balaban J connectivity index is 0.000000659. The third-order valence-corrected chi connectivity index (χ3v) is 5.14. The molecule has 0 atom stereocenters. The SMILES string of the molecule is CCCCCC1=Cc2c(cccc2-c2cccc3ccccc23)C1.[Cl][Zr][Cl]. The van der Waals surface area contributed by atoms with Gasteiger partial charge < -0.3 is 0 Å². The predicted octanol–water partition coefficient (Wildman–Crippen LogP) is 8.40. The zero-order chi connectivity index (χ0) is 19.1. The predicted molar refractivity (Wildman–Crippen MR) is 117 cm³/mol. The van der Waals surface area contributed by atoms with Gasteiger partial charge in [0.2, 0.25) is 0 Å². The molecule has 4 rings (SSSR count). The van der Waals surface area contributed by atoms with Crippen LogP contribution in [0.25, 0.3) is 28.0 Å². The van der Waals surface area contributed by atoms with Crippen LogP contribution in [0.2, 0.25) is 0 Å². The molecule has 0 saturated carbocycles. The van der Waals surface area contributed by atoms with Crippen LogP contribution in [0.1, 0.15) is 43.7 Å². The topological polar surface area (TPSA) is 0 Å². The Bertz CT molecular complexity index is 925. The molecule has 3 aromatic rings. The van der Waals surface area contributed by atoms with Crippen molar-refractivity contribution < 1.29 is 20.8 Å². The molecule has 0 aliphatic heterocycles. The molecule has 0 saturated heterocycles. The van der Waals surface area contributed by atoms with Gasteiger partial charge in [-0.05, 0) is 52.3 Å². The van der Waals surface area contributed by atoms with E-state index in [-0.39, 0.29) is 0 Å². The van der Waals surface area contributed by atoms with Crippen LogP contribution in [0, 0.1) is 0 Å². The minimum atomic E-state index is -0.826. The second-order valence-corrected chi connectivity index (χ2v) is 10.6. The Morgan fingerprint density at radius 1 is 0.852 bits per heavy atom. The fourth-order valence-electron chi connectivity index (χ4n) is 3.90. The van der Waals surface area contributed by atoms with Crippen LogP contribution in [0.3, 0.4) is 0 Å². The molecule has 1 aliphatic carbocycles. The molecular weight excluding hydrogens is 450 g/mol. The van der Waals surface area contributed by atoms with E-state index >= 15 is 0 Å². The van der Waals surface area contributed by atoms with Crippen molar-refractivity contribution in [2.24, 2.45) is 0 Å². The van der Waals surface area contributed by atoms with Gasteiger partial charge in [-0.25, -0.2) is 0 Å². The van der Waals surface area contributed by atoms with Crippen molar-refractivity contribution in [3.8, 4) is 11.1 Å². The molecule has 27 heavy (non-hydrogen) atoms. The van der Waals surface area contributed by atoms with Crippen LogP contribution >= 0.6 is 17.0 Å². The molecule has 0 N–H and O–H groups in total.